The average Bonchev–Trinajstić information content (AvgIpc) is 2.35. The van der Waals surface area contributed by atoms with E-state index in [2.05, 4.69) is 15.9 Å². The summed E-state index contributed by atoms with van der Waals surface area (Å²) >= 11 is 3.40. The fourth-order valence-electron chi connectivity index (χ4n) is 2.19. The number of halogens is 1. The molecule has 1 aromatic rings. The van der Waals surface area contributed by atoms with E-state index < -0.39 is 0 Å². The molecule has 0 radical (unpaired) electrons. The molecule has 1 unspecified atom stereocenters. The molecule has 0 N–H and O–H groups in total. The number of likely N-dealkylation sites (tertiary alicyclic amines) is 1. The summed E-state index contributed by atoms with van der Waals surface area (Å²) in [5.74, 6) is 1.27. The lowest BCUT2D eigenvalue weighted by Gasteiger charge is -2.30. The van der Waals surface area contributed by atoms with Gasteiger partial charge in [-0.15, -0.1) is 0 Å². The Kier molecular flexibility index (Phi) is 4.64. The standard InChI is InChI=1S/C14H18BrNO2/c1-11-4-3-7-16(14(11)17)8-9-18-13-6-2-5-12(15)10-13/h2,5-6,10-11H,3-4,7-9H2,1H3. The van der Waals surface area contributed by atoms with Gasteiger partial charge in [0, 0.05) is 16.9 Å². The lowest BCUT2D eigenvalue weighted by Crippen LogP contribution is -2.42. The van der Waals surface area contributed by atoms with E-state index in [-0.39, 0.29) is 11.8 Å². The van der Waals surface area contributed by atoms with Crippen molar-refractivity contribution >= 4 is 21.8 Å². The summed E-state index contributed by atoms with van der Waals surface area (Å²) in [4.78, 5) is 13.8. The van der Waals surface area contributed by atoms with Crippen molar-refractivity contribution in [1.82, 2.24) is 4.90 Å². The first-order chi connectivity index (χ1) is 8.66. The molecule has 0 aromatic heterocycles. The molecule has 1 heterocycles. The van der Waals surface area contributed by atoms with Crippen LogP contribution in [0.3, 0.4) is 0 Å². The van der Waals surface area contributed by atoms with Crippen molar-refractivity contribution in [2.75, 3.05) is 19.7 Å². The number of rotatable bonds is 4. The fourth-order valence-corrected chi connectivity index (χ4v) is 2.56. The zero-order valence-electron chi connectivity index (χ0n) is 10.6. The van der Waals surface area contributed by atoms with Gasteiger partial charge in [0.15, 0.2) is 0 Å². The molecule has 18 heavy (non-hydrogen) atoms. The fraction of sp³-hybridized carbons (Fsp3) is 0.500. The van der Waals surface area contributed by atoms with Gasteiger partial charge in [-0.05, 0) is 31.0 Å². The summed E-state index contributed by atoms with van der Waals surface area (Å²) in [5, 5.41) is 0. The molecule has 1 atom stereocenters. The lowest BCUT2D eigenvalue weighted by molar-refractivity contribution is -0.138. The van der Waals surface area contributed by atoms with Crippen LogP contribution in [0.15, 0.2) is 28.7 Å². The molecule has 1 saturated heterocycles. The first-order valence-corrected chi connectivity index (χ1v) is 7.13. The van der Waals surface area contributed by atoms with E-state index in [1.54, 1.807) is 0 Å². The average molecular weight is 312 g/mol. The van der Waals surface area contributed by atoms with Crippen molar-refractivity contribution in [3.05, 3.63) is 28.7 Å². The first-order valence-electron chi connectivity index (χ1n) is 6.34. The topological polar surface area (TPSA) is 29.5 Å². The summed E-state index contributed by atoms with van der Waals surface area (Å²) in [6, 6.07) is 7.75. The number of carbonyl (C=O) groups is 1. The van der Waals surface area contributed by atoms with Gasteiger partial charge in [0.25, 0.3) is 0 Å². The van der Waals surface area contributed by atoms with Crippen LogP contribution >= 0.6 is 15.9 Å². The molecule has 0 spiro atoms. The molecule has 0 bridgehead atoms. The summed E-state index contributed by atoms with van der Waals surface area (Å²) in [6.07, 6.45) is 2.12. The smallest absolute Gasteiger partial charge is 0.225 e. The summed E-state index contributed by atoms with van der Waals surface area (Å²) in [7, 11) is 0. The van der Waals surface area contributed by atoms with Gasteiger partial charge in [-0.1, -0.05) is 28.9 Å². The van der Waals surface area contributed by atoms with E-state index >= 15 is 0 Å². The van der Waals surface area contributed by atoms with E-state index in [1.807, 2.05) is 36.1 Å². The van der Waals surface area contributed by atoms with Crippen molar-refractivity contribution in [3.63, 3.8) is 0 Å². The maximum Gasteiger partial charge on any atom is 0.225 e. The number of hydrogen-bond donors (Lipinski definition) is 0. The minimum atomic E-state index is 0.171. The molecule has 4 heteroatoms. The van der Waals surface area contributed by atoms with Gasteiger partial charge in [-0.3, -0.25) is 4.79 Å². The number of benzene rings is 1. The molecule has 0 aliphatic carbocycles. The van der Waals surface area contributed by atoms with Crippen LogP contribution in [0, 0.1) is 5.92 Å². The Morgan fingerprint density at radius 2 is 2.33 bits per heavy atom. The zero-order chi connectivity index (χ0) is 13.0. The van der Waals surface area contributed by atoms with Crippen molar-refractivity contribution < 1.29 is 9.53 Å². The predicted octanol–water partition coefficient (Wildman–Crippen LogP) is 3.09. The van der Waals surface area contributed by atoms with Crippen LogP contribution in [0.25, 0.3) is 0 Å². The van der Waals surface area contributed by atoms with E-state index in [9.17, 15) is 4.79 Å². The highest BCUT2D eigenvalue weighted by atomic mass is 79.9. The monoisotopic (exact) mass is 311 g/mol. The number of carbonyl (C=O) groups excluding carboxylic acids is 1. The number of amides is 1. The van der Waals surface area contributed by atoms with E-state index in [4.69, 9.17) is 4.74 Å². The zero-order valence-corrected chi connectivity index (χ0v) is 12.1. The van der Waals surface area contributed by atoms with E-state index in [0.29, 0.717) is 13.2 Å². The Bertz CT molecular complexity index is 422. The molecular formula is C14H18BrNO2. The van der Waals surface area contributed by atoms with Crippen molar-refractivity contribution in [1.29, 1.82) is 0 Å². The predicted molar refractivity (Wildman–Crippen MR) is 74.6 cm³/mol. The Hall–Kier alpha value is -1.03. The van der Waals surface area contributed by atoms with Crippen LogP contribution < -0.4 is 4.74 Å². The summed E-state index contributed by atoms with van der Waals surface area (Å²) in [6.45, 7) is 4.10. The molecule has 1 amide bonds. The van der Waals surface area contributed by atoms with Crippen LogP contribution in [0.5, 0.6) is 5.75 Å². The molecule has 1 aliphatic heterocycles. The maximum atomic E-state index is 11.9. The summed E-state index contributed by atoms with van der Waals surface area (Å²) in [5.41, 5.74) is 0. The summed E-state index contributed by atoms with van der Waals surface area (Å²) < 4.78 is 6.65. The van der Waals surface area contributed by atoms with Crippen molar-refractivity contribution in [2.45, 2.75) is 19.8 Å². The SMILES string of the molecule is CC1CCCN(CCOc2cccc(Br)c2)C1=O. The van der Waals surface area contributed by atoms with E-state index in [0.717, 1.165) is 29.6 Å². The number of nitrogens with zero attached hydrogens (tertiary/aromatic N) is 1. The lowest BCUT2D eigenvalue weighted by atomic mass is 9.99. The molecule has 1 fully saturated rings. The van der Waals surface area contributed by atoms with Crippen LogP contribution in [0.2, 0.25) is 0 Å². The Morgan fingerprint density at radius 3 is 3.11 bits per heavy atom. The highest BCUT2D eigenvalue weighted by molar-refractivity contribution is 9.10. The molecule has 1 aliphatic rings. The molecule has 98 valence electrons. The van der Waals surface area contributed by atoms with Gasteiger partial charge in [0.2, 0.25) is 5.91 Å². The van der Waals surface area contributed by atoms with Gasteiger partial charge in [-0.25, -0.2) is 0 Å². The van der Waals surface area contributed by atoms with Gasteiger partial charge in [0.1, 0.15) is 12.4 Å². The molecule has 3 nitrogen and oxygen atoms in total. The van der Waals surface area contributed by atoms with Crippen molar-refractivity contribution in [3.8, 4) is 5.75 Å². The van der Waals surface area contributed by atoms with Crippen molar-refractivity contribution in [2.24, 2.45) is 5.92 Å². The third-order valence-corrected chi connectivity index (χ3v) is 3.72. The number of hydrogen-bond acceptors (Lipinski definition) is 2. The molecule has 1 aromatic carbocycles. The van der Waals surface area contributed by atoms with Crippen LogP contribution in [-0.4, -0.2) is 30.5 Å². The quantitative estimate of drug-likeness (QED) is 0.855. The minimum Gasteiger partial charge on any atom is -0.492 e. The number of piperidine rings is 1. The normalized spacial score (nSPS) is 20.0. The Morgan fingerprint density at radius 1 is 1.50 bits per heavy atom. The van der Waals surface area contributed by atoms with Gasteiger partial charge < -0.3 is 9.64 Å². The largest absolute Gasteiger partial charge is 0.492 e. The Labute approximate surface area is 116 Å². The van der Waals surface area contributed by atoms with Gasteiger partial charge in [-0.2, -0.15) is 0 Å². The van der Waals surface area contributed by atoms with Crippen LogP contribution in [0.1, 0.15) is 19.8 Å². The minimum absolute atomic E-state index is 0.171. The highest BCUT2D eigenvalue weighted by Gasteiger charge is 2.24. The molecule has 2 rings (SSSR count). The third kappa shape index (κ3) is 3.48. The molecular weight excluding hydrogens is 294 g/mol. The van der Waals surface area contributed by atoms with Gasteiger partial charge in [0.05, 0.1) is 6.54 Å². The highest BCUT2D eigenvalue weighted by Crippen LogP contribution is 2.19. The third-order valence-electron chi connectivity index (χ3n) is 3.22. The Balaban J connectivity index is 1.80. The van der Waals surface area contributed by atoms with Gasteiger partial charge >= 0.3 is 0 Å². The van der Waals surface area contributed by atoms with E-state index in [1.165, 1.54) is 0 Å². The molecule has 0 saturated carbocycles. The second kappa shape index (κ2) is 6.23. The van der Waals surface area contributed by atoms with Crippen LogP contribution in [-0.2, 0) is 4.79 Å². The van der Waals surface area contributed by atoms with Crippen LogP contribution in [0.4, 0.5) is 0 Å². The second-order valence-corrected chi connectivity index (χ2v) is 5.59. The second-order valence-electron chi connectivity index (χ2n) is 4.67. The maximum absolute atomic E-state index is 11.9. The number of ether oxygens (including phenoxy) is 1. The first kappa shape index (κ1) is 13.4.